The minimum absolute atomic E-state index is 0.446. The van der Waals surface area contributed by atoms with Crippen molar-refractivity contribution >= 4 is 131 Å². The van der Waals surface area contributed by atoms with Crippen molar-refractivity contribution in [1.29, 1.82) is 0 Å². The van der Waals surface area contributed by atoms with E-state index in [2.05, 4.69) is 418 Å². The SMILES string of the molecule is Cc1cc(I)ccc1C=O.Cc1cccc(-c2ccc(C=O)c(C)c2)c1.c1ccc(P(c2ccccc2)c2ccccc2)cc1.c1ccc(P(c2ccccc2)c2ccccc2)cc1.c1ccc(P(c2ccccc2)c2ccccc2)cc1.c1ccc(P(c2ccccc2)c2ccccc2)cc1. The Morgan fingerprint density at radius 3 is 0.588 bits per heavy atom. The number of hydrogen-bond donors (Lipinski definition) is 0. The van der Waals surface area contributed by atoms with Crippen molar-refractivity contribution in [1.82, 2.24) is 0 Å². The summed E-state index contributed by atoms with van der Waals surface area (Å²) in [4.78, 5) is 21.1. The molecule has 15 rings (SSSR count). The minimum atomic E-state index is -0.446. The van der Waals surface area contributed by atoms with E-state index in [1.54, 1.807) is 0 Å². The molecule has 0 amide bonds. The van der Waals surface area contributed by atoms with E-state index < -0.39 is 31.7 Å². The largest absolute Gasteiger partial charge is 0.298 e. The van der Waals surface area contributed by atoms with Crippen LogP contribution in [0, 0.1) is 24.3 Å². The van der Waals surface area contributed by atoms with Crippen LogP contribution in [0.1, 0.15) is 37.4 Å². The summed E-state index contributed by atoms with van der Waals surface area (Å²) in [5, 5.41) is 16.8. The number of hydrogen-bond acceptors (Lipinski definition) is 2. The molecule has 7 heteroatoms. The average Bonchev–Trinajstić information content (AvgIpc) is 0.853. The molecule has 2 nitrogen and oxygen atoms in total. The maximum absolute atomic E-state index is 10.7. The second-order valence-electron chi connectivity index (χ2n) is 23.5. The van der Waals surface area contributed by atoms with Gasteiger partial charge < -0.3 is 0 Å². The fourth-order valence-electron chi connectivity index (χ4n) is 11.3. The van der Waals surface area contributed by atoms with Gasteiger partial charge in [0.25, 0.3) is 0 Å². The monoisotopic (exact) mass is 1500 g/mol. The fraction of sp³-hybridized carbons (Fsp3) is 0.0316. The van der Waals surface area contributed by atoms with Gasteiger partial charge in [0.2, 0.25) is 0 Å². The first-order valence-corrected chi connectivity index (χ1v) is 40.3. The summed E-state index contributed by atoms with van der Waals surface area (Å²) in [6.07, 6.45) is 1.78. The first-order valence-electron chi connectivity index (χ1n) is 33.9. The van der Waals surface area contributed by atoms with Gasteiger partial charge in [0.1, 0.15) is 12.6 Å². The molecular weight excluding hydrogens is 1420 g/mol. The molecule has 0 heterocycles. The lowest BCUT2D eigenvalue weighted by atomic mass is 9.99. The highest BCUT2D eigenvalue weighted by atomic mass is 127. The van der Waals surface area contributed by atoms with Crippen LogP contribution in [0.15, 0.2) is 425 Å². The molecule has 0 aliphatic rings. The number of aldehydes is 2. The van der Waals surface area contributed by atoms with Crippen LogP contribution in [0.4, 0.5) is 0 Å². The van der Waals surface area contributed by atoms with E-state index in [1.165, 1.54) is 78.4 Å². The molecule has 0 bridgehead atoms. The maximum Gasteiger partial charge on any atom is 0.150 e. The lowest BCUT2D eigenvalue weighted by Gasteiger charge is -2.18. The molecule has 102 heavy (non-hydrogen) atoms. The molecule has 15 aromatic rings. The number of carbonyl (C=O) groups is 2. The van der Waals surface area contributed by atoms with Gasteiger partial charge in [-0.1, -0.05) is 418 Å². The normalized spacial score (nSPS) is 10.4. The lowest BCUT2D eigenvalue weighted by Crippen LogP contribution is -2.20. The Bertz CT molecular complexity index is 4010. The maximum atomic E-state index is 10.7. The van der Waals surface area contributed by atoms with Crippen molar-refractivity contribution in [2.24, 2.45) is 0 Å². The van der Waals surface area contributed by atoms with Gasteiger partial charge in [-0.2, -0.15) is 0 Å². The Balaban J connectivity index is 0.000000133. The second-order valence-corrected chi connectivity index (χ2v) is 33.7. The molecule has 500 valence electrons. The van der Waals surface area contributed by atoms with E-state index in [-0.39, 0.29) is 0 Å². The molecule has 0 N–H and O–H groups in total. The van der Waals surface area contributed by atoms with Crippen molar-refractivity contribution in [3.63, 3.8) is 0 Å². The van der Waals surface area contributed by atoms with Crippen LogP contribution in [0.2, 0.25) is 0 Å². The summed E-state index contributed by atoms with van der Waals surface area (Å²) in [6, 6.07) is 149. The second kappa shape index (κ2) is 41.1. The van der Waals surface area contributed by atoms with Gasteiger partial charge in [-0.15, -0.1) is 0 Å². The van der Waals surface area contributed by atoms with Gasteiger partial charge in [-0.25, -0.2) is 0 Å². The van der Waals surface area contributed by atoms with Gasteiger partial charge in [0.05, 0.1) is 0 Å². The quantitative estimate of drug-likeness (QED) is 0.0582. The topological polar surface area (TPSA) is 34.1 Å². The van der Waals surface area contributed by atoms with Gasteiger partial charge >= 0.3 is 0 Å². The standard InChI is InChI=1S/4C18H15P.C15H14O.C8H7IO/c4*1-4-10-16(11-5-1)19(17-12-6-2-7-13-17)18-14-8-3-9-15-18;1-11-4-3-5-13(8-11)14-6-7-15(10-16)12(2)9-14;1-6-4-8(9)3-2-7(6)5-10/h4*1-15H;3-10H,1-2H3;2-5H,1H3. The zero-order chi connectivity index (χ0) is 70.8. The van der Waals surface area contributed by atoms with Crippen molar-refractivity contribution in [3.05, 3.63) is 456 Å². The molecule has 0 aliphatic heterocycles. The summed E-state index contributed by atoms with van der Waals surface area (Å²) in [5.41, 5.74) is 7.20. The molecule has 0 saturated carbocycles. The Hall–Kier alpha value is -9.91. The molecule has 0 atom stereocenters. The lowest BCUT2D eigenvalue weighted by molar-refractivity contribution is 0.111. The summed E-state index contributed by atoms with van der Waals surface area (Å²) in [6.45, 7) is 5.98. The minimum Gasteiger partial charge on any atom is -0.298 e. The number of halogens is 1. The summed E-state index contributed by atoms with van der Waals surface area (Å²) in [5.74, 6) is 0. The third-order valence-corrected chi connectivity index (χ3v) is 26.7. The molecule has 0 saturated heterocycles. The Kier molecular flexibility index (Phi) is 30.1. The third-order valence-electron chi connectivity index (χ3n) is 16.3. The number of aryl methyl sites for hydroxylation is 3. The highest BCUT2D eigenvalue weighted by molar-refractivity contribution is 14.1. The fourth-order valence-corrected chi connectivity index (χ4v) is 21.2. The molecule has 0 aliphatic carbocycles. The van der Waals surface area contributed by atoms with E-state index >= 15 is 0 Å². The first-order chi connectivity index (χ1) is 50.2. The zero-order valence-corrected chi connectivity index (χ0v) is 63.3. The van der Waals surface area contributed by atoms with Crippen molar-refractivity contribution < 1.29 is 9.59 Å². The van der Waals surface area contributed by atoms with E-state index in [4.69, 9.17) is 0 Å². The number of rotatable bonds is 15. The molecule has 15 aromatic carbocycles. The van der Waals surface area contributed by atoms with Crippen molar-refractivity contribution in [3.8, 4) is 11.1 Å². The van der Waals surface area contributed by atoms with Crippen LogP contribution in [0.5, 0.6) is 0 Å². The number of carbonyl (C=O) groups excluding carboxylic acids is 2. The smallest absolute Gasteiger partial charge is 0.150 e. The highest BCUT2D eigenvalue weighted by Crippen LogP contribution is 2.36. The van der Waals surface area contributed by atoms with Crippen molar-refractivity contribution in [2.45, 2.75) is 20.8 Å². The Labute approximate surface area is 623 Å². The van der Waals surface area contributed by atoms with Crippen molar-refractivity contribution in [2.75, 3.05) is 0 Å². The summed E-state index contributed by atoms with van der Waals surface area (Å²) in [7, 11) is -1.78. The van der Waals surface area contributed by atoms with Crippen LogP contribution in [0.25, 0.3) is 11.1 Å². The average molecular weight is 1510 g/mol. The molecule has 0 unspecified atom stereocenters. The van der Waals surface area contributed by atoms with Gasteiger partial charge in [-0.05, 0) is 173 Å². The van der Waals surface area contributed by atoms with Gasteiger partial charge in [0, 0.05) is 14.7 Å². The molecule has 0 aromatic heterocycles. The summed E-state index contributed by atoms with van der Waals surface area (Å²) < 4.78 is 1.17. The van der Waals surface area contributed by atoms with Crippen LogP contribution >= 0.6 is 54.3 Å². The molecular formula is C95H81IO2P4. The van der Waals surface area contributed by atoms with Crippen LogP contribution < -0.4 is 63.7 Å². The first kappa shape index (κ1) is 74.8. The Morgan fingerprint density at radius 2 is 0.402 bits per heavy atom. The molecule has 0 fully saturated rings. The predicted molar refractivity (Wildman–Crippen MR) is 457 cm³/mol. The Morgan fingerprint density at radius 1 is 0.206 bits per heavy atom. The van der Waals surface area contributed by atoms with E-state index in [0.717, 1.165) is 40.4 Å². The third kappa shape index (κ3) is 22.5. The van der Waals surface area contributed by atoms with Gasteiger partial charge in [-0.3, -0.25) is 9.59 Å². The van der Waals surface area contributed by atoms with E-state index in [9.17, 15) is 9.59 Å². The zero-order valence-electron chi connectivity index (χ0n) is 57.6. The van der Waals surface area contributed by atoms with Crippen LogP contribution in [-0.2, 0) is 0 Å². The highest BCUT2D eigenvalue weighted by Gasteiger charge is 2.19. The van der Waals surface area contributed by atoms with Gasteiger partial charge in [0.15, 0.2) is 0 Å². The molecule has 0 spiro atoms. The summed E-state index contributed by atoms with van der Waals surface area (Å²) >= 11 is 2.22. The van der Waals surface area contributed by atoms with Crippen LogP contribution in [-0.4, -0.2) is 12.6 Å². The van der Waals surface area contributed by atoms with E-state index in [1.807, 2.05) is 50.2 Å². The van der Waals surface area contributed by atoms with E-state index in [0.29, 0.717) is 0 Å². The number of benzene rings is 15. The molecule has 0 radical (unpaired) electrons. The predicted octanol–water partition coefficient (Wildman–Crippen LogP) is 20.0. The van der Waals surface area contributed by atoms with Crippen LogP contribution in [0.3, 0.4) is 0 Å².